The SMILES string of the molecule is CC(C)(O)c1cc(F)c(-c2cc(C(N)=O)c(Nc3cccc(CO[C@@H]4COC[C@H]4O)n3)s2)c(F)c1. The number of hydrogen-bond acceptors (Lipinski definition) is 8. The number of nitrogens with zero attached hydrogens (tertiary/aromatic N) is 1. The Kier molecular flexibility index (Phi) is 7.15. The molecular formula is C24H25F2N3O5S. The third kappa shape index (κ3) is 5.65. The smallest absolute Gasteiger partial charge is 0.251 e. The van der Waals surface area contributed by atoms with Crippen LogP contribution in [0.5, 0.6) is 0 Å². The lowest BCUT2D eigenvalue weighted by molar-refractivity contribution is -0.0199. The monoisotopic (exact) mass is 505 g/mol. The van der Waals surface area contributed by atoms with Crippen LogP contribution in [0.1, 0.15) is 35.5 Å². The fourth-order valence-corrected chi connectivity index (χ4v) is 4.69. The van der Waals surface area contributed by atoms with E-state index in [-0.39, 0.29) is 39.8 Å². The van der Waals surface area contributed by atoms with Crippen molar-refractivity contribution in [3.63, 3.8) is 0 Å². The van der Waals surface area contributed by atoms with Crippen LogP contribution in [-0.4, -0.2) is 46.5 Å². The minimum atomic E-state index is -1.43. The average molecular weight is 506 g/mol. The molecule has 35 heavy (non-hydrogen) atoms. The summed E-state index contributed by atoms with van der Waals surface area (Å²) in [6.45, 7) is 3.49. The third-order valence-corrected chi connectivity index (χ3v) is 6.55. The zero-order valence-corrected chi connectivity index (χ0v) is 19.9. The first-order valence-corrected chi connectivity index (χ1v) is 11.6. The molecule has 5 N–H and O–H groups in total. The van der Waals surface area contributed by atoms with Gasteiger partial charge in [0.2, 0.25) is 0 Å². The number of carbonyl (C=O) groups excluding carboxylic acids is 1. The number of pyridine rings is 1. The summed E-state index contributed by atoms with van der Waals surface area (Å²) >= 11 is 0.942. The highest BCUT2D eigenvalue weighted by Gasteiger charge is 2.27. The molecule has 1 amide bonds. The van der Waals surface area contributed by atoms with E-state index in [2.05, 4.69) is 10.3 Å². The lowest BCUT2D eigenvalue weighted by Crippen LogP contribution is -2.26. The number of aromatic nitrogens is 1. The average Bonchev–Trinajstić information content (AvgIpc) is 3.37. The highest BCUT2D eigenvalue weighted by Crippen LogP contribution is 2.40. The second kappa shape index (κ2) is 9.96. The van der Waals surface area contributed by atoms with Crippen LogP contribution in [-0.2, 0) is 21.7 Å². The molecule has 1 aliphatic heterocycles. The number of carbonyl (C=O) groups is 1. The van der Waals surface area contributed by atoms with E-state index in [1.54, 1.807) is 18.2 Å². The first-order chi connectivity index (χ1) is 16.5. The van der Waals surface area contributed by atoms with Crippen LogP contribution in [0.3, 0.4) is 0 Å². The Morgan fingerprint density at radius 1 is 1.29 bits per heavy atom. The maximum Gasteiger partial charge on any atom is 0.251 e. The summed E-state index contributed by atoms with van der Waals surface area (Å²) in [7, 11) is 0. The molecular weight excluding hydrogens is 480 g/mol. The van der Waals surface area contributed by atoms with E-state index in [4.69, 9.17) is 15.2 Å². The molecule has 2 aromatic heterocycles. The van der Waals surface area contributed by atoms with Crippen LogP contribution in [0.2, 0.25) is 0 Å². The first-order valence-electron chi connectivity index (χ1n) is 10.8. The number of hydrogen-bond donors (Lipinski definition) is 4. The number of thiophene rings is 1. The molecule has 1 aliphatic rings. The second-order valence-corrected chi connectivity index (χ2v) is 9.74. The van der Waals surface area contributed by atoms with Crippen molar-refractivity contribution >= 4 is 28.1 Å². The Hall–Kier alpha value is -2.96. The van der Waals surface area contributed by atoms with Gasteiger partial charge in [0.1, 0.15) is 34.7 Å². The Balaban J connectivity index is 1.59. The summed E-state index contributed by atoms with van der Waals surface area (Å²) in [5, 5.41) is 23.1. The normalized spacial score (nSPS) is 18.1. The topological polar surface area (TPSA) is 127 Å². The summed E-state index contributed by atoms with van der Waals surface area (Å²) in [5.41, 5.74) is 4.45. The van der Waals surface area contributed by atoms with Gasteiger partial charge in [-0.1, -0.05) is 6.07 Å². The molecule has 0 saturated carbocycles. The largest absolute Gasteiger partial charge is 0.388 e. The molecule has 1 saturated heterocycles. The molecule has 3 heterocycles. The Labute approximate surface area is 204 Å². The van der Waals surface area contributed by atoms with Crippen LogP contribution in [0.15, 0.2) is 36.4 Å². The van der Waals surface area contributed by atoms with Gasteiger partial charge in [0.05, 0.1) is 42.2 Å². The van der Waals surface area contributed by atoms with Crippen molar-refractivity contribution in [1.29, 1.82) is 0 Å². The van der Waals surface area contributed by atoms with Gasteiger partial charge in [0, 0.05) is 4.88 Å². The third-order valence-electron chi connectivity index (χ3n) is 5.49. The van der Waals surface area contributed by atoms with Crippen LogP contribution in [0, 0.1) is 11.6 Å². The quantitative estimate of drug-likeness (QED) is 0.369. The molecule has 3 aromatic rings. The number of anilines is 2. The van der Waals surface area contributed by atoms with Crippen molar-refractivity contribution in [3.8, 4) is 10.4 Å². The zero-order chi connectivity index (χ0) is 25.3. The molecule has 0 spiro atoms. The van der Waals surface area contributed by atoms with Crippen molar-refractivity contribution < 1.29 is 33.3 Å². The predicted octanol–water partition coefficient (Wildman–Crippen LogP) is 3.43. The van der Waals surface area contributed by atoms with Gasteiger partial charge in [-0.25, -0.2) is 13.8 Å². The maximum atomic E-state index is 14.9. The molecule has 1 fully saturated rings. The molecule has 0 bridgehead atoms. The molecule has 1 aromatic carbocycles. The predicted molar refractivity (Wildman–Crippen MR) is 126 cm³/mol. The van der Waals surface area contributed by atoms with Gasteiger partial charge in [-0.15, -0.1) is 11.3 Å². The first kappa shape index (κ1) is 25.1. The van der Waals surface area contributed by atoms with Gasteiger partial charge in [-0.3, -0.25) is 4.79 Å². The number of benzene rings is 1. The van der Waals surface area contributed by atoms with Crippen LogP contribution in [0.4, 0.5) is 19.6 Å². The van der Waals surface area contributed by atoms with Crippen LogP contribution < -0.4 is 11.1 Å². The van der Waals surface area contributed by atoms with Crippen molar-refractivity contribution in [2.45, 2.75) is 38.3 Å². The molecule has 11 heteroatoms. The fraction of sp³-hybridized carbons (Fsp3) is 0.333. The minimum absolute atomic E-state index is 0.0463. The van der Waals surface area contributed by atoms with E-state index in [1.165, 1.54) is 19.9 Å². The second-order valence-electron chi connectivity index (χ2n) is 8.69. The summed E-state index contributed by atoms with van der Waals surface area (Å²) in [6, 6.07) is 8.55. The molecule has 2 atom stereocenters. The van der Waals surface area contributed by atoms with Crippen molar-refractivity contribution in [1.82, 2.24) is 4.98 Å². The van der Waals surface area contributed by atoms with E-state index >= 15 is 0 Å². The van der Waals surface area contributed by atoms with E-state index < -0.39 is 35.4 Å². The molecule has 0 aliphatic carbocycles. The Morgan fingerprint density at radius 3 is 2.60 bits per heavy atom. The summed E-state index contributed by atoms with van der Waals surface area (Å²) in [4.78, 5) is 16.6. The van der Waals surface area contributed by atoms with Crippen molar-refractivity contribution in [3.05, 3.63) is 64.9 Å². The van der Waals surface area contributed by atoms with Gasteiger partial charge in [-0.2, -0.15) is 0 Å². The zero-order valence-electron chi connectivity index (χ0n) is 19.0. The summed E-state index contributed by atoms with van der Waals surface area (Å²) in [6.07, 6.45) is -1.14. The van der Waals surface area contributed by atoms with Gasteiger partial charge in [-0.05, 0) is 49.7 Å². The summed E-state index contributed by atoms with van der Waals surface area (Å²) < 4.78 is 40.5. The number of amides is 1. The number of aliphatic hydroxyl groups is 2. The van der Waals surface area contributed by atoms with E-state index in [1.807, 2.05) is 0 Å². The van der Waals surface area contributed by atoms with Gasteiger partial charge < -0.3 is 30.7 Å². The minimum Gasteiger partial charge on any atom is -0.388 e. The number of halogens is 2. The fourth-order valence-electron chi connectivity index (χ4n) is 3.57. The molecule has 8 nitrogen and oxygen atoms in total. The van der Waals surface area contributed by atoms with Gasteiger partial charge in [0.15, 0.2) is 0 Å². The maximum absolute atomic E-state index is 14.9. The molecule has 0 unspecified atom stereocenters. The van der Waals surface area contributed by atoms with Gasteiger partial charge >= 0.3 is 0 Å². The number of nitrogens with one attached hydrogen (secondary N) is 1. The molecule has 0 radical (unpaired) electrons. The lowest BCUT2D eigenvalue weighted by atomic mass is 9.96. The molecule has 186 valence electrons. The lowest BCUT2D eigenvalue weighted by Gasteiger charge is -2.18. The Bertz CT molecular complexity index is 1220. The van der Waals surface area contributed by atoms with E-state index in [0.29, 0.717) is 18.1 Å². The number of rotatable bonds is 8. The van der Waals surface area contributed by atoms with Crippen LogP contribution >= 0.6 is 11.3 Å². The van der Waals surface area contributed by atoms with Crippen LogP contribution in [0.25, 0.3) is 10.4 Å². The van der Waals surface area contributed by atoms with E-state index in [9.17, 15) is 23.8 Å². The van der Waals surface area contributed by atoms with Crippen molar-refractivity contribution in [2.75, 3.05) is 18.5 Å². The highest BCUT2D eigenvalue weighted by molar-refractivity contribution is 7.20. The van der Waals surface area contributed by atoms with Crippen molar-refractivity contribution in [2.24, 2.45) is 5.73 Å². The highest BCUT2D eigenvalue weighted by atomic mass is 32.1. The number of nitrogens with two attached hydrogens (primary N) is 1. The molecule has 4 rings (SSSR count). The number of aliphatic hydroxyl groups excluding tert-OH is 1. The summed E-state index contributed by atoms with van der Waals surface area (Å²) in [5.74, 6) is -2.16. The Morgan fingerprint density at radius 2 is 2.00 bits per heavy atom. The number of ether oxygens (including phenoxy) is 2. The standard InChI is InChI=1S/C24H25F2N3O5S/c1-24(2,32)12-6-15(25)21(16(26)7-12)19-8-14(22(27)31)23(35-19)29-20-5-3-4-13(28-20)9-34-18-11-33-10-17(18)30/h3-8,17-18,30,32H,9-11H2,1-2H3,(H2,27,31)(H,28,29)/t17-,18-/m1/s1. The number of primary amides is 1. The van der Waals surface area contributed by atoms with Gasteiger partial charge in [0.25, 0.3) is 5.91 Å². The van der Waals surface area contributed by atoms with E-state index in [0.717, 1.165) is 23.5 Å².